The lowest BCUT2D eigenvalue weighted by molar-refractivity contribution is -0.0287. The van der Waals surface area contributed by atoms with Gasteiger partial charge in [0.05, 0.1) is 12.7 Å². The van der Waals surface area contributed by atoms with E-state index in [-0.39, 0.29) is 12.1 Å². The van der Waals surface area contributed by atoms with Crippen LogP contribution in [0.3, 0.4) is 0 Å². The van der Waals surface area contributed by atoms with Gasteiger partial charge in [-0.3, -0.25) is 4.90 Å². The van der Waals surface area contributed by atoms with Crippen molar-refractivity contribution in [1.29, 1.82) is 0 Å². The van der Waals surface area contributed by atoms with E-state index in [1.807, 2.05) is 6.07 Å². The quantitative estimate of drug-likeness (QED) is 0.812. The monoisotopic (exact) mass is 379 g/mol. The van der Waals surface area contributed by atoms with Crippen molar-refractivity contribution >= 4 is 6.03 Å². The second-order valence-corrected chi connectivity index (χ2v) is 7.73. The molecule has 0 bridgehead atoms. The molecule has 1 saturated heterocycles. The number of fused-ring (bicyclic) bond motifs is 1. The van der Waals surface area contributed by atoms with Crippen LogP contribution in [-0.2, 0) is 30.7 Å². The van der Waals surface area contributed by atoms with Crippen molar-refractivity contribution < 1.29 is 9.53 Å². The predicted molar refractivity (Wildman–Crippen MR) is 110 cm³/mol. The highest BCUT2D eigenvalue weighted by Gasteiger charge is 2.21. The molecule has 0 spiro atoms. The van der Waals surface area contributed by atoms with Gasteiger partial charge in [0.1, 0.15) is 0 Å². The highest BCUT2D eigenvalue weighted by molar-refractivity contribution is 5.73. The third-order valence-electron chi connectivity index (χ3n) is 5.58. The number of carbonyl (C=O) groups excluding carboxylic acids is 1. The van der Waals surface area contributed by atoms with Gasteiger partial charge in [-0.15, -0.1) is 0 Å². The van der Waals surface area contributed by atoms with E-state index < -0.39 is 0 Å². The van der Waals surface area contributed by atoms with E-state index in [0.29, 0.717) is 19.7 Å². The Morgan fingerprint density at radius 1 is 1.04 bits per heavy atom. The summed E-state index contributed by atoms with van der Waals surface area (Å²) in [6.45, 7) is 4.48. The number of hydrogen-bond acceptors (Lipinski definition) is 3. The van der Waals surface area contributed by atoms with Crippen molar-refractivity contribution in [3.63, 3.8) is 0 Å². The van der Waals surface area contributed by atoms with Gasteiger partial charge in [-0.2, -0.15) is 0 Å². The van der Waals surface area contributed by atoms with Crippen molar-refractivity contribution in [1.82, 2.24) is 15.5 Å². The van der Waals surface area contributed by atoms with Crippen molar-refractivity contribution in [2.45, 2.75) is 38.5 Å². The van der Waals surface area contributed by atoms with Gasteiger partial charge in [-0.05, 0) is 41.5 Å². The average Bonchev–Trinajstić information content (AvgIpc) is 3.20. The molecule has 0 aromatic heterocycles. The second kappa shape index (κ2) is 9.22. The highest BCUT2D eigenvalue weighted by atomic mass is 16.5. The van der Waals surface area contributed by atoms with Crippen LogP contribution in [0.1, 0.15) is 28.7 Å². The maximum absolute atomic E-state index is 12.2. The van der Waals surface area contributed by atoms with E-state index in [1.54, 1.807) is 0 Å². The molecule has 4 rings (SSSR count). The number of nitrogens with zero attached hydrogens (tertiary/aromatic N) is 1. The van der Waals surface area contributed by atoms with Crippen LogP contribution in [-0.4, -0.2) is 43.3 Å². The summed E-state index contributed by atoms with van der Waals surface area (Å²) in [5, 5.41) is 5.92. The van der Waals surface area contributed by atoms with Gasteiger partial charge in [-0.1, -0.05) is 48.5 Å². The molecule has 1 aliphatic carbocycles. The molecule has 1 atom stereocenters. The van der Waals surface area contributed by atoms with Crippen molar-refractivity contribution in [2.75, 3.05) is 26.2 Å². The minimum atomic E-state index is -0.135. The molecule has 1 unspecified atom stereocenters. The molecule has 148 valence electrons. The molecule has 1 fully saturated rings. The first kappa shape index (κ1) is 19.0. The summed E-state index contributed by atoms with van der Waals surface area (Å²) in [6.07, 6.45) is 3.62. The first-order valence-electron chi connectivity index (χ1n) is 10.3. The molecule has 2 amide bonds. The zero-order valence-electron chi connectivity index (χ0n) is 16.3. The maximum atomic E-state index is 12.2. The molecule has 2 aliphatic rings. The Bertz CT molecular complexity index is 794. The van der Waals surface area contributed by atoms with Crippen molar-refractivity contribution in [3.8, 4) is 0 Å². The van der Waals surface area contributed by atoms with Crippen LogP contribution in [0.4, 0.5) is 4.79 Å². The van der Waals surface area contributed by atoms with Crippen molar-refractivity contribution in [2.24, 2.45) is 0 Å². The number of nitrogens with one attached hydrogen (secondary N) is 2. The Morgan fingerprint density at radius 2 is 1.89 bits per heavy atom. The van der Waals surface area contributed by atoms with Crippen LogP contribution >= 0.6 is 0 Å². The molecule has 0 radical (unpaired) electrons. The Hall–Kier alpha value is -2.37. The van der Waals surface area contributed by atoms with Crippen LogP contribution in [0.25, 0.3) is 0 Å². The highest BCUT2D eigenvalue weighted by Crippen LogP contribution is 2.22. The van der Waals surface area contributed by atoms with Crippen LogP contribution in [0.5, 0.6) is 0 Å². The molecule has 1 heterocycles. The third-order valence-corrected chi connectivity index (χ3v) is 5.58. The van der Waals surface area contributed by atoms with E-state index in [1.165, 1.54) is 35.1 Å². The molecular weight excluding hydrogens is 350 g/mol. The average molecular weight is 380 g/mol. The predicted octanol–water partition coefficient (Wildman–Crippen LogP) is 2.88. The summed E-state index contributed by atoms with van der Waals surface area (Å²) in [5.74, 6) is 0. The van der Waals surface area contributed by atoms with Crippen LogP contribution in [0.2, 0.25) is 0 Å². The van der Waals surface area contributed by atoms with Crippen LogP contribution in [0, 0.1) is 0 Å². The van der Waals surface area contributed by atoms with Gasteiger partial charge in [-0.25, -0.2) is 4.79 Å². The van der Waals surface area contributed by atoms with Gasteiger partial charge < -0.3 is 15.4 Å². The van der Waals surface area contributed by atoms with E-state index in [2.05, 4.69) is 58.0 Å². The Morgan fingerprint density at radius 3 is 2.79 bits per heavy atom. The zero-order valence-corrected chi connectivity index (χ0v) is 16.3. The lowest BCUT2D eigenvalue weighted by Gasteiger charge is -2.33. The molecule has 2 aromatic rings. The summed E-state index contributed by atoms with van der Waals surface area (Å²) in [4.78, 5) is 14.6. The van der Waals surface area contributed by atoms with Crippen molar-refractivity contribution in [3.05, 3.63) is 70.8 Å². The fourth-order valence-electron chi connectivity index (χ4n) is 4.08. The van der Waals surface area contributed by atoms with Gasteiger partial charge in [0.2, 0.25) is 0 Å². The van der Waals surface area contributed by atoms with Gasteiger partial charge in [0, 0.05) is 32.7 Å². The number of ether oxygens (including phenoxy) is 1. The second-order valence-electron chi connectivity index (χ2n) is 7.73. The molecule has 2 N–H and O–H groups in total. The van der Waals surface area contributed by atoms with Gasteiger partial charge >= 0.3 is 6.03 Å². The molecule has 0 saturated carbocycles. The van der Waals surface area contributed by atoms with Gasteiger partial charge in [0.15, 0.2) is 0 Å². The normalized spacial score (nSPS) is 19.2. The topological polar surface area (TPSA) is 53.6 Å². The number of carbonyl (C=O) groups is 1. The zero-order chi connectivity index (χ0) is 19.2. The molecule has 1 aliphatic heterocycles. The van der Waals surface area contributed by atoms with Crippen LogP contribution < -0.4 is 10.6 Å². The summed E-state index contributed by atoms with van der Waals surface area (Å²) in [7, 11) is 0. The summed E-state index contributed by atoms with van der Waals surface area (Å²) in [5.41, 5.74) is 5.37. The smallest absolute Gasteiger partial charge is 0.315 e. The minimum Gasteiger partial charge on any atom is -0.374 e. The number of hydrogen-bond donors (Lipinski definition) is 2. The maximum Gasteiger partial charge on any atom is 0.315 e. The van der Waals surface area contributed by atoms with E-state index in [0.717, 1.165) is 26.1 Å². The number of benzene rings is 2. The molecule has 5 heteroatoms. The number of aryl methyl sites for hydroxylation is 2. The fraction of sp³-hybridized carbons (Fsp3) is 0.435. The third kappa shape index (κ3) is 5.12. The summed E-state index contributed by atoms with van der Waals surface area (Å²) >= 11 is 0. The molecular formula is C23H29N3O2. The first-order valence-corrected chi connectivity index (χ1v) is 10.3. The lowest BCUT2D eigenvalue weighted by atomic mass is 10.1. The number of morpholine rings is 1. The van der Waals surface area contributed by atoms with Crippen LogP contribution in [0.15, 0.2) is 48.5 Å². The SMILES string of the molecule is O=C(NCc1ccc2c(c1)CCC2)NCC1CN(Cc2ccccc2)CCO1. The van der Waals surface area contributed by atoms with E-state index >= 15 is 0 Å². The summed E-state index contributed by atoms with van der Waals surface area (Å²) in [6, 6.07) is 16.9. The minimum absolute atomic E-state index is 0.0307. The number of urea groups is 1. The lowest BCUT2D eigenvalue weighted by Crippen LogP contribution is -2.48. The molecule has 5 nitrogen and oxygen atoms in total. The van der Waals surface area contributed by atoms with E-state index in [4.69, 9.17) is 4.74 Å². The van der Waals surface area contributed by atoms with Gasteiger partial charge in [0.25, 0.3) is 0 Å². The number of amides is 2. The summed E-state index contributed by atoms with van der Waals surface area (Å²) < 4.78 is 5.83. The molecule has 28 heavy (non-hydrogen) atoms. The first-order chi connectivity index (χ1) is 13.8. The number of rotatable bonds is 6. The van der Waals surface area contributed by atoms with E-state index in [9.17, 15) is 4.79 Å². The standard InChI is InChI=1S/C23H29N3O2/c27-23(24-14-19-9-10-20-7-4-8-21(20)13-19)25-15-22-17-26(11-12-28-22)16-18-5-2-1-3-6-18/h1-3,5-6,9-10,13,22H,4,7-8,11-12,14-17H2,(H2,24,25,27). The Balaban J connectivity index is 1.19. The largest absolute Gasteiger partial charge is 0.374 e. The fourth-order valence-corrected chi connectivity index (χ4v) is 4.08. The Kier molecular flexibility index (Phi) is 6.24. The molecule has 2 aromatic carbocycles. The Labute approximate surface area is 167 Å².